The molecule has 1 aromatic rings. The maximum Gasteiger partial charge on any atom is 0.306 e. The lowest BCUT2D eigenvalue weighted by Gasteiger charge is -2.38. The first-order valence-corrected chi connectivity index (χ1v) is 10.0. The van der Waals surface area contributed by atoms with Gasteiger partial charge in [-0.1, -0.05) is 26.8 Å². The molecule has 1 fully saturated rings. The van der Waals surface area contributed by atoms with Gasteiger partial charge >= 0.3 is 5.97 Å². The van der Waals surface area contributed by atoms with Crippen molar-refractivity contribution in [2.24, 2.45) is 5.92 Å². The Hall–Kier alpha value is -2.15. The third-order valence-corrected chi connectivity index (χ3v) is 5.44. The zero-order valence-electron chi connectivity index (χ0n) is 17.3. The number of carbonyl (C=O) groups excluding carboxylic acids is 1. The largest absolute Gasteiger partial charge is 0.469 e. The van der Waals surface area contributed by atoms with Crippen LogP contribution in [-0.2, 0) is 9.53 Å². The fraction of sp³-hybridized carbons (Fsp3) is 0.667. The molecule has 1 aromatic carbocycles. The van der Waals surface area contributed by atoms with Crippen LogP contribution in [0.25, 0.3) is 0 Å². The molecule has 0 radical (unpaired) electrons. The zero-order chi connectivity index (χ0) is 20.8. The van der Waals surface area contributed by atoms with Crippen LogP contribution in [0.1, 0.15) is 64.4 Å². The smallest absolute Gasteiger partial charge is 0.306 e. The molecule has 0 aliphatic heterocycles. The topological polar surface area (TPSA) is 92.9 Å². The number of nitro groups is 1. The highest BCUT2D eigenvalue weighted by Crippen LogP contribution is 2.37. The number of rotatable bonds is 8. The van der Waals surface area contributed by atoms with Crippen LogP contribution in [0.3, 0.4) is 0 Å². The number of hydrogen-bond donors (Lipinski definition) is 1. The van der Waals surface area contributed by atoms with Gasteiger partial charge in [-0.05, 0) is 49.1 Å². The van der Waals surface area contributed by atoms with Crippen molar-refractivity contribution in [2.45, 2.75) is 70.9 Å². The number of nitro benzene ring substituents is 1. The van der Waals surface area contributed by atoms with Gasteiger partial charge in [0.25, 0.3) is 5.69 Å². The summed E-state index contributed by atoms with van der Waals surface area (Å²) in [5.41, 5.74) is 1.44. The minimum Gasteiger partial charge on any atom is -0.469 e. The van der Waals surface area contributed by atoms with Gasteiger partial charge in [-0.2, -0.15) is 0 Å². The van der Waals surface area contributed by atoms with Crippen molar-refractivity contribution >= 4 is 17.3 Å². The first-order chi connectivity index (χ1) is 13.2. The molecule has 7 nitrogen and oxygen atoms in total. The van der Waals surface area contributed by atoms with E-state index in [1.54, 1.807) is 6.07 Å². The maximum absolute atomic E-state index is 11.8. The molecule has 2 rings (SSSR count). The summed E-state index contributed by atoms with van der Waals surface area (Å²) in [6.45, 7) is 6.79. The molecule has 1 aliphatic rings. The van der Waals surface area contributed by atoms with Gasteiger partial charge in [-0.15, -0.1) is 0 Å². The van der Waals surface area contributed by atoms with Crippen LogP contribution in [0.2, 0.25) is 0 Å². The summed E-state index contributed by atoms with van der Waals surface area (Å²) in [5, 5.41) is 21.7. The number of esters is 1. The highest BCUT2D eigenvalue weighted by molar-refractivity contribution is 5.71. The molecule has 0 bridgehead atoms. The summed E-state index contributed by atoms with van der Waals surface area (Å²) in [6.07, 6.45) is 3.01. The molecule has 1 saturated carbocycles. The first-order valence-electron chi connectivity index (χ1n) is 10.0. The Morgan fingerprint density at radius 1 is 1.29 bits per heavy atom. The number of methoxy groups -OCH3 is 1. The average Bonchev–Trinajstić information content (AvgIpc) is 2.66. The van der Waals surface area contributed by atoms with Gasteiger partial charge in [-0.25, -0.2) is 0 Å². The molecule has 0 saturated heterocycles. The Labute approximate surface area is 166 Å². The third-order valence-electron chi connectivity index (χ3n) is 5.44. The van der Waals surface area contributed by atoms with Crippen LogP contribution >= 0.6 is 0 Å². The van der Waals surface area contributed by atoms with Gasteiger partial charge < -0.3 is 14.7 Å². The van der Waals surface area contributed by atoms with Crippen molar-refractivity contribution in [1.29, 1.82) is 0 Å². The van der Waals surface area contributed by atoms with Gasteiger partial charge in [0.15, 0.2) is 0 Å². The van der Waals surface area contributed by atoms with Crippen LogP contribution in [0, 0.1) is 16.0 Å². The summed E-state index contributed by atoms with van der Waals surface area (Å²) >= 11 is 0. The monoisotopic (exact) mass is 392 g/mol. The van der Waals surface area contributed by atoms with E-state index in [9.17, 15) is 20.0 Å². The highest BCUT2D eigenvalue weighted by Gasteiger charge is 2.30. The van der Waals surface area contributed by atoms with Crippen molar-refractivity contribution in [3.63, 3.8) is 0 Å². The minimum absolute atomic E-state index is 0.0704. The molecule has 1 atom stereocenters. The van der Waals surface area contributed by atoms with Crippen molar-refractivity contribution in [3.8, 4) is 0 Å². The quantitative estimate of drug-likeness (QED) is 0.408. The van der Waals surface area contributed by atoms with Crippen molar-refractivity contribution in [1.82, 2.24) is 0 Å². The molecule has 0 aromatic heterocycles. The van der Waals surface area contributed by atoms with Crippen LogP contribution in [0.15, 0.2) is 18.2 Å². The molecule has 156 valence electrons. The molecule has 28 heavy (non-hydrogen) atoms. The fourth-order valence-electron chi connectivity index (χ4n) is 3.89. The van der Waals surface area contributed by atoms with Gasteiger partial charge in [0, 0.05) is 18.7 Å². The van der Waals surface area contributed by atoms with Crippen LogP contribution < -0.4 is 4.90 Å². The van der Waals surface area contributed by atoms with E-state index < -0.39 is 0 Å². The highest BCUT2D eigenvalue weighted by atomic mass is 16.6. The number of aliphatic hydroxyl groups is 1. The van der Waals surface area contributed by atoms with Gasteiger partial charge in [0.05, 0.1) is 24.6 Å². The molecular formula is C21H32N2O5. The lowest BCUT2D eigenvalue weighted by Crippen LogP contribution is -2.41. The van der Waals surface area contributed by atoms with E-state index in [0.717, 1.165) is 37.8 Å². The number of carbonyl (C=O) groups is 1. The standard InChI is InChI=1S/C21H32N2O5/c1-14(2)13-22(17-6-8-18(24)9-7-17)19-10-5-16(12-20(19)23(26)27)15(3)11-21(25)28-4/h5,10,12,14-15,17-18,24H,6-9,11,13H2,1-4H3/t15-,17-,18-/m1/s1. The number of hydrogen-bond acceptors (Lipinski definition) is 6. The second-order valence-electron chi connectivity index (χ2n) is 8.20. The number of nitrogens with zero attached hydrogens (tertiary/aromatic N) is 2. The van der Waals surface area contributed by atoms with Crippen LogP contribution in [0.4, 0.5) is 11.4 Å². The zero-order valence-corrected chi connectivity index (χ0v) is 17.3. The van der Waals surface area contributed by atoms with E-state index in [2.05, 4.69) is 18.7 Å². The lowest BCUT2D eigenvalue weighted by atomic mass is 9.90. The summed E-state index contributed by atoms with van der Waals surface area (Å²) in [5.74, 6) is -0.144. The molecule has 0 spiro atoms. The van der Waals surface area contributed by atoms with Crippen molar-refractivity contribution < 1.29 is 19.6 Å². The molecular weight excluding hydrogens is 360 g/mol. The predicted octanol–water partition coefficient (Wildman–Crippen LogP) is 4.03. The van der Waals surface area contributed by atoms with E-state index in [4.69, 9.17) is 4.74 Å². The number of benzene rings is 1. The van der Waals surface area contributed by atoms with E-state index in [-0.39, 0.29) is 41.1 Å². The Morgan fingerprint density at radius 2 is 1.93 bits per heavy atom. The van der Waals surface area contributed by atoms with Gasteiger partial charge in [-0.3, -0.25) is 14.9 Å². The van der Waals surface area contributed by atoms with Crippen molar-refractivity contribution in [2.75, 3.05) is 18.6 Å². The fourth-order valence-corrected chi connectivity index (χ4v) is 3.89. The molecule has 1 aliphatic carbocycles. The summed E-state index contributed by atoms with van der Waals surface area (Å²) in [6, 6.07) is 5.46. The van der Waals surface area contributed by atoms with E-state index >= 15 is 0 Å². The first kappa shape index (κ1) is 22.1. The van der Waals surface area contributed by atoms with Gasteiger partial charge in [0.2, 0.25) is 0 Å². The number of anilines is 1. The molecule has 0 unspecified atom stereocenters. The maximum atomic E-state index is 11.8. The normalized spacial score (nSPS) is 20.6. The third kappa shape index (κ3) is 5.67. The van der Waals surface area contributed by atoms with Crippen LogP contribution in [-0.4, -0.2) is 41.8 Å². The SMILES string of the molecule is COC(=O)C[C@@H](C)c1ccc(N(CC(C)C)[C@H]2CC[C@H](O)CC2)c([N+](=O)[O-])c1. The predicted molar refractivity (Wildman–Crippen MR) is 109 cm³/mol. The summed E-state index contributed by atoms with van der Waals surface area (Å²) < 4.78 is 4.71. The summed E-state index contributed by atoms with van der Waals surface area (Å²) in [7, 11) is 1.34. The Kier molecular flexibility index (Phi) is 7.80. The minimum atomic E-state index is -0.339. The number of aliphatic hydroxyl groups excluding tert-OH is 1. The second-order valence-corrected chi connectivity index (χ2v) is 8.20. The lowest BCUT2D eigenvalue weighted by molar-refractivity contribution is -0.384. The average molecular weight is 392 g/mol. The van der Waals surface area contributed by atoms with E-state index in [0.29, 0.717) is 11.6 Å². The Bertz CT molecular complexity index is 683. The Morgan fingerprint density at radius 3 is 2.46 bits per heavy atom. The Balaban J connectivity index is 2.36. The van der Waals surface area contributed by atoms with E-state index in [1.807, 2.05) is 19.1 Å². The van der Waals surface area contributed by atoms with Crippen molar-refractivity contribution in [3.05, 3.63) is 33.9 Å². The second kappa shape index (κ2) is 9.87. The molecule has 1 N–H and O–H groups in total. The number of ether oxygens (including phenoxy) is 1. The van der Waals surface area contributed by atoms with Gasteiger partial charge in [0.1, 0.15) is 5.69 Å². The van der Waals surface area contributed by atoms with Crippen LogP contribution in [0.5, 0.6) is 0 Å². The summed E-state index contributed by atoms with van der Waals surface area (Å²) in [4.78, 5) is 25.2. The molecule has 0 amide bonds. The molecule has 0 heterocycles. The molecule has 7 heteroatoms. The van der Waals surface area contributed by atoms with E-state index in [1.165, 1.54) is 7.11 Å².